The van der Waals surface area contributed by atoms with E-state index in [0.717, 1.165) is 11.1 Å². The van der Waals surface area contributed by atoms with Gasteiger partial charge in [-0.1, -0.05) is 23.7 Å². The Labute approximate surface area is 182 Å². The Balaban J connectivity index is 0.00000364. The molecule has 148 valence electrons. The number of aliphatic imine (C=N–C) groups is 1. The van der Waals surface area contributed by atoms with Gasteiger partial charge in [-0.05, 0) is 42.3 Å². The number of nitrogens with one attached hydrogen (secondary N) is 2. The Morgan fingerprint density at radius 3 is 2.33 bits per heavy atom. The number of halogens is 2. The van der Waals surface area contributed by atoms with Gasteiger partial charge in [0.25, 0.3) is 0 Å². The summed E-state index contributed by atoms with van der Waals surface area (Å²) in [5.41, 5.74) is 1.95. The minimum absolute atomic E-state index is 0. The minimum Gasteiger partial charge on any atom is -0.502 e. The molecule has 0 amide bonds. The maximum absolute atomic E-state index is 9.99. The summed E-state index contributed by atoms with van der Waals surface area (Å²) in [4.78, 5) is 4.24. The van der Waals surface area contributed by atoms with E-state index in [1.807, 2.05) is 31.2 Å². The fraction of sp³-hybridized carbons (Fsp3) is 0.316. The molecule has 0 saturated heterocycles. The number of phenolic OH excluding ortho intramolecular Hbond substituents is 1. The smallest absolute Gasteiger partial charge is 0.200 e. The lowest BCUT2D eigenvalue weighted by Crippen LogP contribution is -2.38. The van der Waals surface area contributed by atoms with E-state index in [-0.39, 0.29) is 35.8 Å². The summed E-state index contributed by atoms with van der Waals surface area (Å²) in [6.07, 6.45) is 0. The van der Waals surface area contributed by atoms with Gasteiger partial charge in [0, 0.05) is 18.6 Å². The summed E-state index contributed by atoms with van der Waals surface area (Å²) < 4.78 is 10.4. The Kier molecular flexibility index (Phi) is 9.51. The van der Waals surface area contributed by atoms with Gasteiger partial charge in [0.2, 0.25) is 5.75 Å². The van der Waals surface area contributed by atoms with Crippen molar-refractivity contribution >= 4 is 41.5 Å². The van der Waals surface area contributed by atoms with Crippen LogP contribution >= 0.6 is 35.6 Å². The largest absolute Gasteiger partial charge is 0.502 e. The quantitative estimate of drug-likeness (QED) is 0.313. The van der Waals surface area contributed by atoms with Crippen LogP contribution in [0.25, 0.3) is 0 Å². The molecule has 2 rings (SSSR count). The van der Waals surface area contributed by atoms with Gasteiger partial charge in [0.1, 0.15) is 0 Å². The Hall–Kier alpha value is -1.87. The molecule has 27 heavy (non-hydrogen) atoms. The number of nitrogens with zero attached hydrogens (tertiary/aromatic N) is 1. The summed E-state index contributed by atoms with van der Waals surface area (Å²) in [5.74, 6) is 1.34. The molecule has 6 nitrogen and oxygen atoms in total. The molecular formula is C19H25ClIN3O3. The van der Waals surface area contributed by atoms with E-state index >= 15 is 0 Å². The summed E-state index contributed by atoms with van der Waals surface area (Å²) in [6, 6.07) is 11.2. The zero-order valence-electron chi connectivity index (χ0n) is 15.7. The van der Waals surface area contributed by atoms with Gasteiger partial charge >= 0.3 is 0 Å². The molecule has 3 N–H and O–H groups in total. The van der Waals surface area contributed by atoms with Gasteiger partial charge in [-0.3, -0.25) is 4.99 Å². The highest BCUT2D eigenvalue weighted by molar-refractivity contribution is 14.0. The van der Waals surface area contributed by atoms with E-state index in [4.69, 9.17) is 21.1 Å². The van der Waals surface area contributed by atoms with Gasteiger partial charge < -0.3 is 25.2 Å². The highest BCUT2D eigenvalue weighted by Crippen LogP contribution is 2.37. The number of ether oxygens (including phenoxy) is 2. The lowest BCUT2D eigenvalue weighted by Gasteiger charge is -2.19. The van der Waals surface area contributed by atoms with Crippen molar-refractivity contribution in [2.45, 2.75) is 19.5 Å². The number of methoxy groups -OCH3 is 2. The van der Waals surface area contributed by atoms with Crippen LogP contribution in [0.15, 0.2) is 41.4 Å². The molecule has 1 unspecified atom stereocenters. The van der Waals surface area contributed by atoms with E-state index in [2.05, 4.69) is 15.6 Å². The predicted octanol–water partition coefficient (Wildman–Crippen LogP) is 4.11. The third-order valence-corrected chi connectivity index (χ3v) is 4.16. The second-order valence-electron chi connectivity index (χ2n) is 5.70. The summed E-state index contributed by atoms with van der Waals surface area (Å²) in [7, 11) is 4.70. The van der Waals surface area contributed by atoms with Crippen LogP contribution in [0.3, 0.4) is 0 Å². The van der Waals surface area contributed by atoms with Gasteiger partial charge in [-0.25, -0.2) is 0 Å². The van der Waals surface area contributed by atoms with Crippen LogP contribution < -0.4 is 20.1 Å². The fourth-order valence-corrected chi connectivity index (χ4v) is 2.69. The first-order valence-corrected chi connectivity index (χ1v) is 8.52. The lowest BCUT2D eigenvalue weighted by atomic mass is 10.1. The molecule has 0 spiro atoms. The Morgan fingerprint density at radius 2 is 1.81 bits per heavy atom. The number of aromatic hydroxyl groups is 1. The van der Waals surface area contributed by atoms with E-state index in [1.54, 1.807) is 19.2 Å². The van der Waals surface area contributed by atoms with Crippen molar-refractivity contribution < 1.29 is 14.6 Å². The van der Waals surface area contributed by atoms with E-state index in [1.165, 1.54) is 14.2 Å². The second kappa shape index (κ2) is 11.1. The van der Waals surface area contributed by atoms with Crippen LogP contribution in [0, 0.1) is 0 Å². The molecule has 0 aromatic heterocycles. The maximum atomic E-state index is 9.99. The summed E-state index contributed by atoms with van der Waals surface area (Å²) in [5, 5.41) is 17.2. The van der Waals surface area contributed by atoms with E-state index in [9.17, 15) is 5.11 Å². The molecule has 2 aromatic carbocycles. The van der Waals surface area contributed by atoms with Crippen molar-refractivity contribution in [3.05, 3.63) is 52.5 Å². The molecule has 0 radical (unpaired) electrons. The van der Waals surface area contributed by atoms with Crippen molar-refractivity contribution in [3.63, 3.8) is 0 Å². The van der Waals surface area contributed by atoms with Crippen molar-refractivity contribution in [2.24, 2.45) is 4.99 Å². The molecule has 0 bridgehead atoms. The average molecular weight is 506 g/mol. The first-order chi connectivity index (χ1) is 12.5. The van der Waals surface area contributed by atoms with Crippen molar-refractivity contribution in [1.29, 1.82) is 0 Å². The molecule has 0 aliphatic carbocycles. The normalized spacial score (nSPS) is 12.0. The molecule has 2 aromatic rings. The molecular weight excluding hydrogens is 481 g/mol. The molecule has 0 heterocycles. The average Bonchev–Trinajstić information content (AvgIpc) is 2.65. The molecule has 1 atom stereocenters. The van der Waals surface area contributed by atoms with E-state index < -0.39 is 0 Å². The number of benzene rings is 2. The third kappa shape index (κ3) is 6.35. The zero-order valence-corrected chi connectivity index (χ0v) is 18.8. The van der Waals surface area contributed by atoms with Crippen LogP contribution in [0.1, 0.15) is 24.1 Å². The van der Waals surface area contributed by atoms with Crippen molar-refractivity contribution in [1.82, 2.24) is 10.6 Å². The maximum Gasteiger partial charge on any atom is 0.200 e. The second-order valence-corrected chi connectivity index (χ2v) is 6.13. The van der Waals surface area contributed by atoms with Crippen molar-refractivity contribution in [2.75, 3.05) is 21.3 Å². The SMILES string of the molecule is CN=C(NCc1cc(OC)c(O)c(OC)c1)NC(C)c1cccc(Cl)c1.I. The number of rotatable bonds is 6. The predicted molar refractivity (Wildman–Crippen MR) is 120 cm³/mol. The van der Waals surface area contributed by atoms with Crippen LogP contribution in [-0.2, 0) is 6.54 Å². The summed E-state index contributed by atoms with van der Waals surface area (Å²) >= 11 is 6.05. The zero-order chi connectivity index (χ0) is 19.1. The van der Waals surface area contributed by atoms with Gasteiger partial charge in [0.05, 0.1) is 20.3 Å². The first-order valence-electron chi connectivity index (χ1n) is 8.15. The highest BCUT2D eigenvalue weighted by atomic mass is 127. The minimum atomic E-state index is -0.0177. The number of guanidine groups is 1. The van der Waals surface area contributed by atoms with Gasteiger partial charge in [-0.2, -0.15) is 0 Å². The van der Waals surface area contributed by atoms with E-state index in [0.29, 0.717) is 29.0 Å². The molecule has 0 saturated carbocycles. The topological polar surface area (TPSA) is 75.1 Å². The van der Waals surface area contributed by atoms with Crippen LogP contribution in [0.4, 0.5) is 0 Å². The standard InChI is InChI=1S/C19H24ClN3O3.HI/c1-12(14-6-5-7-15(20)10-14)23-19(21-2)22-11-13-8-16(25-3)18(24)17(9-13)26-4;/h5-10,12,24H,11H2,1-4H3,(H2,21,22,23);1H. The molecule has 8 heteroatoms. The Morgan fingerprint density at radius 1 is 1.19 bits per heavy atom. The van der Waals surface area contributed by atoms with Crippen molar-refractivity contribution in [3.8, 4) is 17.2 Å². The lowest BCUT2D eigenvalue weighted by molar-refractivity contribution is 0.339. The van der Waals surface area contributed by atoms with Crippen LogP contribution in [0.5, 0.6) is 17.2 Å². The van der Waals surface area contributed by atoms with Crippen LogP contribution in [-0.4, -0.2) is 32.3 Å². The fourth-order valence-electron chi connectivity index (χ4n) is 2.49. The van der Waals surface area contributed by atoms with Gasteiger partial charge in [-0.15, -0.1) is 24.0 Å². The van der Waals surface area contributed by atoms with Gasteiger partial charge in [0.15, 0.2) is 17.5 Å². The molecule has 0 fully saturated rings. The monoisotopic (exact) mass is 505 g/mol. The Bertz CT molecular complexity index is 762. The first kappa shape index (κ1) is 23.2. The molecule has 0 aliphatic heterocycles. The third-order valence-electron chi connectivity index (χ3n) is 3.93. The number of phenols is 1. The highest BCUT2D eigenvalue weighted by Gasteiger charge is 2.12. The number of hydrogen-bond acceptors (Lipinski definition) is 4. The summed E-state index contributed by atoms with van der Waals surface area (Å²) in [6.45, 7) is 2.51. The number of hydrogen-bond donors (Lipinski definition) is 3. The van der Waals surface area contributed by atoms with Crippen LogP contribution in [0.2, 0.25) is 5.02 Å². The molecule has 0 aliphatic rings.